The number of carbonyl (C=O) groups excluding carboxylic acids is 1. The number of carbonyl (C=O) groups is 1. The molecule has 4 heteroatoms. The molecule has 0 atom stereocenters. The molecular weight excluding hydrogens is 250 g/mol. The van der Waals surface area contributed by atoms with Crippen LogP contribution in [0.4, 0.5) is 0 Å². The van der Waals surface area contributed by atoms with Crippen LogP contribution >= 0.6 is 11.6 Å². The lowest BCUT2D eigenvalue weighted by Crippen LogP contribution is -2.33. The van der Waals surface area contributed by atoms with Gasteiger partial charge in [0.15, 0.2) is 0 Å². The summed E-state index contributed by atoms with van der Waals surface area (Å²) in [5.41, 5.74) is 0.873. The van der Waals surface area contributed by atoms with Gasteiger partial charge in [0.25, 0.3) is 0 Å². The van der Waals surface area contributed by atoms with Crippen molar-refractivity contribution in [3.63, 3.8) is 0 Å². The van der Waals surface area contributed by atoms with Crippen molar-refractivity contribution in [2.75, 3.05) is 7.11 Å². The number of amides is 1. The van der Waals surface area contributed by atoms with Gasteiger partial charge in [-0.25, -0.2) is 0 Å². The summed E-state index contributed by atoms with van der Waals surface area (Å²) >= 11 is 5.89. The topological polar surface area (TPSA) is 38.3 Å². The highest BCUT2D eigenvalue weighted by Crippen LogP contribution is 2.24. The van der Waals surface area contributed by atoms with Crippen molar-refractivity contribution in [3.8, 4) is 5.75 Å². The van der Waals surface area contributed by atoms with Gasteiger partial charge in [0.05, 0.1) is 13.5 Å². The molecule has 98 valence electrons. The third-order valence-corrected chi connectivity index (χ3v) is 3.56. The molecular formula is C14H18ClNO2. The Morgan fingerprint density at radius 3 is 2.83 bits per heavy atom. The van der Waals surface area contributed by atoms with Crippen LogP contribution in [0.3, 0.4) is 0 Å². The van der Waals surface area contributed by atoms with Crippen molar-refractivity contribution in [2.24, 2.45) is 0 Å². The number of halogens is 1. The molecule has 1 aromatic rings. The van der Waals surface area contributed by atoms with Gasteiger partial charge in [0.1, 0.15) is 5.75 Å². The van der Waals surface area contributed by atoms with E-state index in [1.807, 2.05) is 6.07 Å². The summed E-state index contributed by atoms with van der Waals surface area (Å²) in [5, 5.41) is 3.68. The monoisotopic (exact) mass is 267 g/mol. The number of benzene rings is 1. The Morgan fingerprint density at radius 1 is 1.44 bits per heavy atom. The molecule has 0 aliphatic heterocycles. The van der Waals surface area contributed by atoms with Gasteiger partial charge in [-0.1, -0.05) is 30.5 Å². The molecule has 0 heterocycles. The van der Waals surface area contributed by atoms with E-state index in [-0.39, 0.29) is 5.91 Å². The number of nitrogens with one attached hydrogen (secondary N) is 1. The smallest absolute Gasteiger partial charge is 0.224 e. The van der Waals surface area contributed by atoms with Gasteiger partial charge in [-0.15, -0.1) is 0 Å². The van der Waals surface area contributed by atoms with Crippen LogP contribution in [-0.4, -0.2) is 19.1 Å². The van der Waals surface area contributed by atoms with Gasteiger partial charge in [-0.05, 0) is 25.0 Å². The van der Waals surface area contributed by atoms with Crippen LogP contribution < -0.4 is 10.1 Å². The molecule has 0 spiro atoms. The molecule has 1 saturated carbocycles. The predicted molar refractivity (Wildman–Crippen MR) is 72.1 cm³/mol. The highest BCUT2D eigenvalue weighted by molar-refractivity contribution is 6.30. The molecule has 0 radical (unpaired) electrons. The summed E-state index contributed by atoms with van der Waals surface area (Å²) in [7, 11) is 1.59. The van der Waals surface area contributed by atoms with Crippen LogP contribution in [0.2, 0.25) is 5.02 Å². The van der Waals surface area contributed by atoms with E-state index in [1.54, 1.807) is 19.2 Å². The van der Waals surface area contributed by atoms with Crippen molar-refractivity contribution < 1.29 is 9.53 Å². The zero-order valence-electron chi connectivity index (χ0n) is 10.5. The normalized spacial score (nSPS) is 15.7. The fourth-order valence-electron chi connectivity index (χ4n) is 2.39. The summed E-state index contributed by atoms with van der Waals surface area (Å²) < 4.78 is 5.23. The van der Waals surface area contributed by atoms with Gasteiger partial charge in [0, 0.05) is 16.6 Å². The predicted octanol–water partition coefficient (Wildman–Crippen LogP) is 2.95. The Kier molecular flexibility index (Phi) is 4.48. The lowest BCUT2D eigenvalue weighted by molar-refractivity contribution is -0.121. The quantitative estimate of drug-likeness (QED) is 0.911. The van der Waals surface area contributed by atoms with E-state index in [2.05, 4.69) is 5.32 Å². The second kappa shape index (κ2) is 6.10. The van der Waals surface area contributed by atoms with E-state index in [0.29, 0.717) is 23.2 Å². The minimum atomic E-state index is 0.0579. The summed E-state index contributed by atoms with van der Waals surface area (Å²) in [6.45, 7) is 0. The van der Waals surface area contributed by atoms with E-state index in [4.69, 9.17) is 16.3 Å². The van der Waals surface area contributed by atoms with Crippen molar-refractivity contribution in [1.82, 2.24) is 5.32 Å². The molecule has 0 saturated heterocycles. The fraction of sp³-hybridized carbons (Fsp3) is 0.500. The zero-order valence-corrected chi connectivity index (χ0v) is 11.3. The van der Waals surface area contributed by atoms with Crippen LogP contribution in [0.1, 0.15) is 31.2 Å². The van der Waals surface area contributed by atoms with Gasteiger partial charge in [-0.2, -0.15) is 0 Å². The van der Waals surface area contributed by atoms with E-state index in [1.165, 1.54) is 12.8 Å². The Morgan fingerprint density at radius 2 is 2.17 bits per heavy atom. The van der Waals surface area contributed by atoms with Gasteiger partial charge >= 0.3 is 0 Å². The molecule has 1 fully saturated rings. The lowest BCUT2D eigenvalue weighted by atomic mass is 10.1. The lowest BCUT2D eigenvalue weighted by Gasteiger charge is -2.13. The van der Waals surface area contributed by atoms with Crippen LogP contribution in [0, 0.1) is 0 Å². The Balaban J connectivity index is 1.97. The SMILES string of the molecule is COc1cc(Cl)ccc1CC(=O)NC1CCCC1. The number of rotatable bonds is 4. The van der Waals surface area contributed by atoms with Crippen molar-refractivity contribution in [3.05, 3.63) is 28.8 Å². The van der Waals surface area contributed by atoms with Crippen LogP contribution in [0.25, 0.3) is 0 Å². The summed E-state index contributed by atoms with van der Waals surface area (Å²) in [5.74, 6) is 0.728. The summed E-state index contributed by atoms with van der Waals surface area (Å²) in [6.07, 6.45) is 4.98. The largest absolute Gasteiger partial charge is 0.496 e. The first-order chi connectivity index (χ1) is 8.69. The first-order valence-electron chi connectivity index (χ1n) is 6.31. The molecule has 0 unspecified atom stereocenters. The number of ether oxygens (including phenoxy) is 1. The Bertz CT molecular complexity index is 428. The molecule has 1 aliphatic carbocycles. The van der Waals surface area contributed by atoms with Crippen molar-refractivity contribution >= 4 is 17.5 Å². The average Bonchev–Trinajstić information content (AvgIpc) is 2.84. The maximum atomic E-state index is 11.9. The first-order valence-corrected chi connectivity index (χ1v) is 6.68. The maximum absolute atomic E-state index is 11.9. The van der Waals surface area contributed by atoms with E-state index in [9.17, 15) is 4.79 Å². The third-order valence-electron chi connectivity index (χ3n) is 3.32. The minimum Gasteiger partial charge on any atom is -0.496 e. The molecule has 1 amide bonds. The summed E-state index contributed by atoms with van der Waals surface area (Å²) in [4.78, 5) is 11.9. The standard InChI is InChI=1S/C14H18ClNO2/c1-18-13-9-11(15)7-6-10(13)8-14(17)16-12-4-2-3-5-12/h6-7,9,12H,2-5,8H2,1H3,(H,16,17). The molecule has 18 heavy (non-hydrogen) atoms. The van der Waals surface area contributed by atoms with Crippen molar-refractivity contribution in [2.45, 2.75) is 38.1 Å². The Labute approximate surface area is 112 Å². The third kappa shape index (κ3) is 3.39. The zero-order chi connectivity index (χ0) is 13.0. The number of methoxy groups -OCH3 is 1. The van der Waals surface area contributed by atoms with E-state index < -0.39 is 0 Å². The summed E-state index contributed by atoms with van der Waals surface area (Å²) in [6, 6.07) is 5.72. The molecule has 0 aromatic heterocycles. The number of hydrogen-bond donors (Lipinski definition) is 1. The van der Waals surface area contributed by atoms with E-state index in [0.717, 1.165) is 18.4 Å². The first kappa shape index (κ1) is 13.2. The van der Waals surface area contributed by atoms with Gasteiger partial charge in [-0.3, -0.25) is 4.79 Å². The molecule has 2 rings (SSSR count). The molecule has 1 N–H and O–H groups in total. The van der Waals surface area contributed by atoms with Crippen LogP contribution in [-0.2, 0) is 11.2 Å². The molecule has 0 bridgehead atoms. The highest BCUT2D eigenvalue weighted by atomic mass is 35.5. The maximum Gasteiger partial charge on any atom is 0.224 e. The minimum absolute atomic E-state index is 0.0579. The van der Waals surface area contributed by atoms with E-state index >= 15 is 0 Å². The van der Waals surface area contributed by atoms with Crippen LogP contribution in [0.5, 0.6) is 5.75 Å². The molecule has 1 aromatic carbocycles. The second-order valence-electron chi connectivity index (χ2n) is 4.68. The van der Waals surface area contributed by atoms with Gasteiger partial charge < -0.3 is 10.1 Å². The van der Waals surface area contributed by atoms with Crippen LogP contribution in [0.15, 0.2) is 18.2 Å². The molecule has 3 nitrogen and oxygen atoms in total. The second-order valence-corrected chi connectivity index (χ2v) is 5.12. The van der Waals surface area contributed by atoms with Crippen molar-refractivity contribution in [1.29, 1.82) is 0 Å². The number of hydrogen-bond acceptors (Lipinski definition) is 2. The van der Waals surface area contributed by atoms with Gasteiger partial charge in [0.2, 0.25) is 5.91 Å². The average molecular weight is 268 g/mol. The Hall–Kier alpha value is -1.22. The molecule has 1 aliphatic rings. The fourth-order valence-corrected chi connectivity index (χ4v) is 2.55. The highest BCUT2D eigenvalue weighted by Gasteiger charge is 2.18.